The highest BCUT2D eigenvalue weighted by atomic mass is 127. The largest absolute Gasteiger partial charge is 0.506 e. The van der Waals surface area contributed by atoms with Gasteiger partial charge in [0.15, 0.2) is 17.5 Å². The number of hydrogen-bond acceptors (Lipinski definition) is 5. The number of phenolic OH excluding ortho intramolecular Hbond substituents is 1. The zero-order valence-electron chi connectivity index (χ0n) is 17.2. The summed E-state index contributed by atoms with van der Waals surface area (Å²) in [6.45, 7) is 5.41. The lowest BCUT2D eigenvalue weighted by molar-refractivity contribution is 0.297. The van der Waals surface area contributed by atoms with E-state index in [-0.39, 0.29) is 24.0 Å². The Kier molecular flexibility index (Phi) is 7.89. The smallest absolute Gasteiger partial charge is 0.194 e. The van der Waals surface area contributed by atoms with Crippen LogP contribution in [0.2, 0.25) is 0 Å². The minimum absolute atomic E-state index is 0. The molecule has 0 aromatic heterocycles. The highest BCUT2D eigenvalue weighted by molar-refractivity contribution is 14.0. The van der Waals surface area contributed by atoms with Crippen molar-refractivity contribution in [1.82, 2.24) is 10.2 Å². The fourth-order valence-corrected chi connectivity index (χ4v) is 3.72. The molecule has 1 saturated heterocycles. The third kappa shape index (κ3) is 5.21. The lowest BCUT2D eigenvalue weighted by Gasteiger charge is -2.37. The average Bonchev–Trinajstić information content (AvgIpc) is 3.00. The van der Waals surface area contributed by atoms with Gasteiger partial charge in [0.1, 0.15) is 5.75 Å². The summed E-state index contributed by atoms with van der Waals surface area (Å²) in [5, 5.41) is 13.5. The van der Waals surface area contributed by atoms with Crippen molar-refractivity contribution in [3.63, 3.8) is 0 Å². The molecule has 8 heteroatoms. The van der Waals surface area contributed by atoms with Gasteiger partial charge in [-0.05, 0) is 29.8 Å². The Hall–Kier alpha value is -2.36. The maximum atomic E-state index is 10.1. The van der Waals surface area contributed by atoms with Crippen molar-refractivity contribution in [3.8, 4) is 17.2 Å². The van der Waals surface area contributed by atoms with Gasteiger partial charge in [-0.1, -0.05) is 18.2 Å². The van der Waals surface area contributed by atoms with Crippen molar-refractivity contribution in [2.24, 2.45) is 4.99 Å². The van der Waals surface area contributed by atoms with E-state index < -0.39 is 0 Å². The van der Waals surface area contributed by atoms with Gasteiger partial charge >= 0.3 is 0 Å². The Morgan fingerprint density at radius 2 is 1.77 bits per heavy atom. The monoisotopic (exact) mass is 524 g/mol. The van der Waals surface area contributed by atoms with Gasteiger partial charge in [0.25, 0.3) is 0 Å². The maximum absolute atomic E-state index is 10.1. The molecule has 4 rings (SSSR count). The van der Waals surface area contributed by atoms with E-state index in [1.54, 1.807) is 6.07 Å². The van der Waals surface area contributed by atoms with Gasteiger partial charge in [0.05, 0.1) is 18.9 Å². The number of hydrogen-bond donors (Lipinski definition) is 2. The van der Waals surface area contributed by atoms with E-state index in [0.717, 1.165) is 61.3 Å². The Morgan fingerprint density at radius 1 is 1.03 bits per heavy atom. The maximum Gasteiger partial charge on any atom is 0.194 e. The first-order chi connectivity index (χ1) is 14.2. The van der Waals surface area contributed by atoms with Crippen LogP contribution in [0.1, 0.15) is 12.0 Å². The van der Waals surface area contributed by atoms with Crippen molar-refractivity contribution in [3.05, 3.63) is 48.0 Å². The van der Waals surface area contributed by atoms with Crippen LogP contribution >= 0.6 is 24.0 Å². The number of rotatable bonds is 3. The van der Waals surface area contributed by atoms with Crippen molar-refractivity contribution in [2.45, 2.75) is 13.0 Å². The molecular formula is C22H29IN4O3. The van der Waals surface area contributed by atoms with E-state index in [1.807, 2.05) is 37.4 Å². The molecule has 0 saturated carbocycles. The SMILES string of the molecule is CN=C(NCc1ccc2c(c1)OCCCO2)N1CCN(c2ccccc2O)CC1.I. The summed E-state index contributed by atoms with van der Waals surface area (Å²) in [5.74, 6) is 2.84. The quantitative estimate of drug-likeness (QED) is 0.366. The molecule has 0 unspecified atom stereocenters. The number of fused-ring (bicyclic) bond motifs is 1. The van der Waals surface area contributed by atoms with Crippen LogP contribution in [0.15, 0.2) is 47.5 Å². The second-order valence-corrected chi connectivity index (χ2v) is 7.20. The first-order valence-corrected chi connectivity index (χ1v) is 10.1. The average molecular weight is 524 g/mol. The fourth-order valence-electron chi connectivity index (χ4n) is 3.72. The Morgan fingerprint density at radius 3 is 2.50 bits per heavy atom. The number of aliphatic imine (C=N–C) groups is 1. The molecule has 2 aliphatic heterocycles. The highest BCUT2D eigenvalue weighted by Crippen LogP contribution is 2.30. The van der Waals surface area contributed by atoms with Crippen LogP contribution in [0.4, 0.5) is 5.69 Å². The number of anilines is 1. The van der Waals surface area contributed by atoms with E-state index in [1.165, 1.54) is 0 Å². The Bertz CT molecular complexity index is 869. The van der Waals surface area contributed by atoms with E-state index in [2.05, 4.69) is 26.2 Å². The van der Waals surface area contributed by atoms with Gasteiger partial charge in [-0.2, -0.15) is 0 Å². The first kappa shape index (κ1) is 22.3. The molecule has 2 aromatic rings. The summed E-state index contributed by atoms with van der Waals surface area (Å²) in [4.78, 5) is 8.91. The van der Waals surface area contributed by atoms with Crippen LogP contribution in [-0.4, -0.2) is 62.4 Å². The number of piperazine rings is 1. The van der Waals surface area contributed by atoms with Crippen LogP contribution < -0.4 is 19.7 Å². The number of nitrogens with zero attached hydrogens (tertiary/aromatic N) is 3. The molecule has 2 aliphatic rings. The first-order valence-electron chi connectivity index (χ1n) is 10.1. The van der Waals surface area contributed by atoms with Crippen LogP contribution in [-0.2, 0) is 6.54 Å². The van der Waals surface area contributed by atoms with Crippen molar-refractivity contribution in [1.29, 1.82) is 0 Å². The normalized spacial score (nSPS) is 16.5. The second-order valence-electron chi connectivity index (χ2n) is 7.20. The molecule has 0 aliphatic carbocycles. The predicted molar refractivity (Wildman–Crippen MR) is 130 cm³/mol. The van der Waals surface area contributed by atoms with Gasteiger partial charge in [0, 0.05) is 46.2 Å². The minimum Gasteiger partial charge on any atom is -0.506 e. The number of ether oxygens (including phenoxy) is 2. The lowest BCUT2D eigenvalue weighted by atomic mass is 10.2. The fraction of sp³-hybridized carbons (Fsp3) is 0.409. The van der Waals surface area contributed by atoms with Crippen molar-refractivity contribution < 1.29 is 14.6 Å². The summed E-state index contributed by atoms with van der Waals surface area (Å²) in [6, 6.07) is 13.6. The van der Waals surface area contributed by atoms with Crippen LogP contribution in [0, 0.1) is 0 Å². The third-order valence-corrected chi connectivity index (χ3v) is 5.28. The molecule has 0 bridgehead atoms. The molecule has 0 radical (unpaired) electrons. The highest BCUT2D eigenvalue weighted by Gasteiger charge is 2.21. The van der Waals surface area contributed by atoms with Gasteiger partial charge in [-0.3, -0.25) is 4.99 Å². The van der Waals surface area contributed by atoms with Crippen LogP contribution in [0.25, 0.3) is 0 Å². The number of benzene rings is 2. The number of aromatic hydroxyl groups is 1. The second kappa shape index (κ2) is 10.6. The Labute approximate surface area is 194 Å². The number of halogens is 1. The summed E-state index contributed by atoms with van der Waals surface area (Å²) in [6.07, 6.45) is 0.904. The molecule has 0 atom stereocenters. The van der Waals surface area contributed by atoms with Crippen molar-refractivity contribution >= 4 is 35.6 Å². The number of phenols is 1. The van der Waals surface area contributed by atoms with E-state index in [0.29, 0.717) is 25.5 Å². The number of guanidine groups is 1. The zero-order valence-corrected chi connectivity index (χ0v) is 19.5. The summed E-state index contributed by atoms with van der Waals surface area (Å²) < 4.78 is 11.5. The van der Waals surface area contributed by atoms with Crippen LogP contribution in [0.5, 0.6) is 17.2 Å². The Balaban J connectivity index is 0.00000256. The number of para-hydroxylation sites is 2. The third-order valence-electron chi connectivity index (χ3n) is 5.28. The molecular weight excluding hydrogens is 495 g/mol. The van der Waals surface area contributed by atoms with Crippen molar-refractivity contribution in [2.75, 3.05) is 51.3 Å². The molecule has 2 aromatic carbocycles. The molecule has 7 nitrogen and oxygen atoms in total. The van der Waals surface area contributed by atoms with Gasteiger partial charge in [0.2, 0.25) is 0 Å². The van der Waals surface area contributed by atoms with Gasteiger partial charge in [-0.25, -0.2) is 0 Å². The van der Waals surface area contributed by atoms with E-state index in [9.17, 15) is 5.11 Å². The van der Waals surface area contributed by atoms with E-state index in [4.69, 9.17) is 9.47 Å². The predicted octanol–water partition coefficient (Wildman–Crippen LogP) is 3.07. The standard InChI is InChI=1S/C22H28N4O3.HI/c1-23-22(24-16-17-7-8-20-21(15-17)29-14-4-13-28-20)26-11-9-25(10-12-26)18-5-2-3-6-19(18)27;/h2-3,5-8,15,27H,4,9-14,16H2,1H3,(H,23,24);1H. The zero-order chi connectivity index (χ0) is 20.1. The number of nitrogens with one attached hydrogen (secondary N) is 1. The minimum atomic E-state index is 0. The molecule has 162 valence electrons. The van der Waals surface area contributed by atoms with Crippen LogP contribution in [0.3, 0.4) is 0 Å². The van der Waals surface area contributed by atoms with Gasteiger partial charge < -0.3 is 29.7 Å². The molecule has 2 heterocycles. The summed E-state index contributed by atoms with van der Waals surface area (Å²) in [5.41, 5.74) is 2.02. The summed E-state index contributed by atoms with van der Waals surface area (Å²) in [7, 11) is 1.81. The molecule has 30 heavy (non-hydrogen) atoms. The molecule has 0 spiro atoms. The lowest BCUT2D eigenvalue weighted by Crippen LogP contribution is -2.52. The molecule has 0 amide bonds. The molecule has 2 N–H and O–H groups in total. The topological polar surface area (TPSA) is 69.6 Å². The molecule has 1 fully saturated rings. The van der Waals surface area contributed by atoms with Gasteiger partial charge in [-0.15, -0.1) is 24.0 Å². The summed E-state index contributed by atoms with van der Waals surface area (Å²) >= 11 is 0. The van der Waals surface area contributed by atoms with E-state index >= 15 is 0 Å².